The van der Waals surface area contributed by atoms with Crippen LogP contribution in [0.3, 0.4) is 0 Å². The zero-order valence-electron chi connectivity index (χ0n) is 10.8. The van der Waals surface area contributed by atoms with Crippen LogP contribution in [0.4, 0.5) is 0 Å². The number of carbonyl (C=O) groups excluding carboxylic acids is 1. The Morgan fingerprint density at radius 1 is 1.58 bits per heavy atom. The average Bonchev–Trinajstić information content (AvgIpc) is 2.94. The minimum absolute atomic E-state index is 0.0203. The zero-order valence-corrected chi connectivity index (χ0v) is 10.8. The third-order valence-corrected chi connectivity index (χ3v) is 3.21. The number of amides is 1. The fraction of sp³-hybridized carbons (Fsp3) is 0.462. The summed E-state index contributed by atoms with van der Waals surface area (Å²) in [6, 6.07) is -0.177. The molecule has 1 N–H and O–H groups in total. The number of carbonyl (C=O) groups is 2. The van der Waals surface area contributed by atoms with Gasteiger partial charge in [0.05, 0.1) is 12.6 Å². The summed E-state index contributed by atoms with van der Waals surface area (Å²) in [7, 11) is 1.81. The molecule has 1 aliphatic heterocycles. The molecule has 0 bridgehead atoms. The second-order valence-corrected chi connectivity index (χ2v) is 4.71. The van der Waals surface area contributed by atoms with Crippen LogP contribution in [0, 0.1) is 0 Å². The first-order chi connectivity index (χ1) is 9.06. The highest BCUT2D eigenvalue weighted by molar-refractivity contribution is 5.92. The van der Waals surface area contributed by atoms with E-state index in [1.807, 2.05) is 13.2 Å². The van der Waals surface area contributed by atoms with E-state index in [2.05, 4.69) is 5.10 Å². The third kappa shape index (κ3) is 3.43. The maximum absolute atomic E-state index is 12.0. The van der Waals surface area contributed by atoms with Gasteiger partial charge in [-0.3, -0.25) is 14.3 Å². The first-order valence-corrected chi connectivity index (χ1v) is 6.25. The van der Waals surface area contributed by atoms with Crippen LogP contribution in [0.1, 0.15) is 24.8 Å². The van der Waals surface area contributed by atoms with Crippen LogP contribution < -0.4 is 0 Å². The largest absolute Gasteiger partial charge is 0.481 e. The van der Waals surface area contributed by atoms with Crippen LogP contribution in [-0.2, 0) is 16.6 Å². The monoisotopic (exact) mass is 263 g/mol. The summed E-state index contributed by atoms with van der Waals surface area (Å²) in [5.41, 5.74) is 0.852. The number of nitrogens with zero attached hydrogens (tertiary/aromatic N) is 3. The minimum atomic E-state index is -0.860. The summed E-state index contributed by atoms with van der Waals surface area (Å²) >= 11 is 0. The second kappa shape index (κ2) is 5.69. The fourth-order valence-corrected chi connectivity index (χ4v) is 2.33. The number of aryl methyl sites for hydroxylation is 1. The van der Waals surface area contributed by atoms with E-state index in [1.54, 1.807) is 21.9 Å². The average molecular weight is 263 g/mol. The van der Waals surface area contributed by atoms with E-state index in [0.29, 0.717) is 6.54 Å². The van der Waals surface area contributed by atoms with E-state index in [1.165, 1.54) is 6.08 Å². The van der Waals surface area contributed by atoms with Gasteiger partial charge in [-0.25, -0.2) is 0 Å². The number of hydrogen-bond acceptors (Lipinski definition) is 3. The van der Waals surface area contributed by atoms with Crippen LogP contribution in [0.15, 0.2) is 18.5 Å². The molecule has 0 spiro atoms. The Hall–Kier alpha value is -2.11. The van der Waals surface area contributed by atoms with Crippen molar-refractivity contribution in [2.45, 2.75) is 25.3 Å². The Labute approximate surface area is 111 Å². The Kier molecular flexibility index (Phi) is 3.99. The third-order valence-electron chi connectivity index (χ3n) is 3.21. The van der Waals surface area contributed by atoms with E-state index in [9.17, 15) is 9.59 Å². The predicted molar refractivity (Wildman–Crippen MR) is 69.2 cm³/mol. The first kappa shape index (κ1) is 13.3. The molecule has 2 heterocycles. The summed E-state index contributed by atoms with van der Waals surface area (Å²) in [6.45, 7) is 0.633. The normalized spacial score (nSPS) is 19.2. The lowest BCUT2D eigenvalue weighted by molar-refractivity contribution is -0.139. The van der Waals surface area contributed by atoms with Crippen molar-refractivity contribution < 1.29 is 14.7 Å². The lowest BCUT2D eigenvalue weighted by Crippen LogP contribution is -2.35. The molecule has 1 amide bonds. The molecule has 1 aliphatic rings. The molecule has 0 saturated carbocycles. The maximum atomic E-state index is 12.0. The van der Waals surface area contributed by atoms with Gasteiger partial charge in [-0.15, -0.1) is 0 Å². The molecule has 1 unspecified atom stereocenters. The Morgan fingerprint density at radius 2 is 2.37 bits per heavy atom. The molecule has 2 rings (SSSR count). The standard InChI is InChI=1S/C13H17N3O3/c1-15-9-10(8-14-15)4-5-12(17)16-6-2-3-11(16)7-13(18)19/h4-5,8-9,11H,2-3,6-7H2,1H3,(H,18,19). The summed E-state index contributed by atoms with van der Waals surface area (Å²) in [5, 5.41) is 12.8. The Bertz CT molecular complexity index is 507. The zero-order chi connectivity index (χ0) is 13.8. The predicted octanol–water partition coefficient (Wildman–Crippen LogP) is 0.899. The minimum Gasteiger partial charge on any atom is -0.481 e. The van der Waals surface area contributed by atoms with Crippen molar-refractivity contribution in [1.29, 1.82) is 0 Å². The number of hydrogen-bond donors (Lipinski definition) is 1. The molecule has 0 aromatic carbocycles. The molecule has 1 aromatic heterocycles. The van der Waals surface area contributed by atoms with E-state index in [-0.39, 0.29) is 18.4 Å². The molecule has 6 nitrogen and oxygen atoms in total. The summed E-state index contributed by atoms with van der Waals surface area (Å²) in [5.74, 6) is -0.992. The van der Waals surface area contributed by atoms with Gasteiger partial charge in [-0.05, 0) is 18.9 Å². The van der Waals surface area contributed by atoms with E-state index in [4.69, 9.17) is 5.11 Å². The van der Waals surface area contributed by atoms with Crippen LogP contribution in [-0.4, -0.2) is 44.3 Å². The summed E-state index contributed by atoms with van der Waals surface area (Å²) in [6.07, 6.45) is 8.31. The number of likely N-dealkylation sites (tertiary alicyclic amines) is 1. The van der Waals surface area contributed by atoms with Gasteiger partial charge in [0.1, 0.15) is 0 Å². The van der Waals surface area contributed by atoms with Crippen LogP contribution in [0.2, 0.25) is 0 Å². The molecular weight excluding hydrogens is 246 g/mol. The molecule has 1 saturated heterocycles. The highest BCUT2D eigenvalue weighted by Crippen LogP contribution is 2.20. The van der Waals surface area contributed by atoms with Crippen LogP contribution in [0.5, 0.6) is 0 Å². The van der Waals surface area contributed by atoms with Gasteiger partial charge in [0, 0.05) is 37.5 Å². The van der Waals surface area contributed by atoms with E-state index >= 15 is 0 Å². The van der Waals surface area contributed by atoms with Crippen molar-refractivity contribution >= 4 is 18.0 Å². The molecule has 1 aromatic rings. The maximum Gasteiger partial charge on any atom is 0.305 e. The topological polar surface area (TPSA) is 75.4 Å². The second-order valence-electron chi connectivity index (χ2n) is 4.71. The molecule has 6 heteroatoms. The smallest absolute Gasteiger partial charge is 0.305 e. The van der Waals surface area contributed by atoms with E-state index < -0.39 is 5.97 Å². The van der Waals surface area contributed by atoms with Gasteiger partial charge in [-0.2, -0.15) is 5.10 Å². The van der Waals surface area contributed by atoms with Crippen LogP contribution in [0.25, 0.3) is 6.08 Å². The molecule has 1 atom stereocenters. The fourth-order valence-electron chi connectivity index (χ4n) is 2.33. The van der Waals surface area contributed by atoms with Crippen molar-refractivity contribution in [2.24, 2.45) is 7.05 Å². The highest BCUT2D eigenvalue weighted by Gasteiger charge is 2.28. The van der Waals surface area contributed by atoms with Gasteiger partial charge in [0.25, 0.3) is 0 Å². The van der Waals surface area contributed by atoms with Gasteiger partial charge in [0.2, 0.25) is 5.91 Å². The Morgan fingerprint density at radius 3 is 3.00 bits per heavy atom. The van der Waals surface area contributed by atoms with Crippen molar-refractivity contribution in [3.8, 4) is 0 Å². The lowest BCUT2D eigenvalue weighted by Gasteiger charge is -2.21. The van der Waals surface area contributed by atoms with Gasteiger partial charge >= 0.3 is 5.97 Å². The number of carboxylic acid groups (broad SMARTS) is 1. The summed E-state index contributed by atoms with van der Waals surface area (Å²) < 4.78 is 1.66. The molecular formula is C13H17N3O3. The van der Waals surface area contributed by atoms with Gasteiger partial charge in [-0.1, -0.05) is 0 Å². The first-order valence-electron chi connectivity index (χ1n) is 6.25. The lowest BCUT2D eigenvalue weighted by atomic mass is 10.1. The number of aliphatic carboxylic acids is 1. The van der Waals surface area contributed by atoms with Crippen molar-refractivity contribution in [3.63, 3.8) is 0 Å². The number of aromatic nitrogens is 2. The quantitative estimate of drug-likeness (QED) is 0.819. The van der Waals surface area contributed by atoms with Gasteiger partial charge in [0.15, 0.2) is 0 Å². The highest BCUT2D eigenvalue weighted by atomic mass is 16.4. The molecule has 102 valence electrons. The Balaban J connectivity index is 1.98. The van der Waals surface area contributed by atoms with Gasteiger partial charge < -0.3 is 10.0 Å². The molecule has 0 radical (unpaired) electrons. The number of carboxylic acids is 1. The molecule has 0 aliphatic carbocycles. The molecule has 19 heavy (non-hydrogen) atoms. The van der Waals surface area contributed by atoms with Crippen molar-refractivity contribution in [2.75, 3.05) is 6.54 Å². The molecule has 1 fully saturated rings. The number of rotatable bonds is 4. The van der Waals surface area contributed by atoms with Crippen LogP contribution >= 0.6 is 0 Å². The summed E-state index contributed by atoms with van der Waals surface area (Å²) in [4.78, 5) is 24.4. The van der Waals surface area contributed by atoms with Crippen molar-refractivity contribution in [3.05, 3.63) is 24.0 Å². The van der Waals surface area contributed by atoms with E-state index in [0.717, 1.165) is 18.4 Å². The SMILES string of the molecule is Cn1cc(C=CC(=O)N2CCCC2CC(=O)O)cn1. The van der Waals surface area contributed by atoms with Crippen molar-refractivity contribution in [1.82, 2.24) is 14.7 Å².